The molecule has 8 heteroatoms. The topological polar surface area (TPSA) is 110 Å². The maximum Gasteiger partial charge on any atom is 0.305 e. The first-order valence-corrected chi connectivity index (χ1v) is 14.8. The van der Waals surface area contributed by atoms with Gasteiger partial charge in [0.1, 0.15) is 0 Å². The standard InChI is InChI=1S/C34H40N4O4/c1-7-23-24(8-2)32-18-28-20(4)26(12-14-34(40)42-6)30(37-28)16-22-10-9-21(35-22)15-29-25(11-13-33(39)41-5)19(3)27(36-29)17-31(23)38-32/h15-18,36,38H,7-14H2,1-6H3. The Labute approximate surface area is 246 Å². The molecule has 0 saturated carbocycles. The molecule has 0 unspecified atom stereocenters. The number of H-pyrrole nitrogens is 2. The van der Waals surface area contributed by atoms with E-state index in [0.717, 1.165) is 92.8 Å². The van der Waals surface area contributed by atoms with E-state index in [-0.39, 0.29) is 11.9 Å². The summed E-state index contributed by atoms with van der Waals surface area (Å²) in [5.41, 5.74) is 14.7. The Hall–Kier alpha value is -4.20. The maximum absolute atomic E-state index is 12.0. The molecular formula is C34H40N4O4. The highest BCUT2D eigenvalue weighted by Crippen LogP contribution is 2.35. The number of aryl methyl sites for hydroxylation is 6. The molecule has 8 bridgehead atoms. The Morgan fingerprint density at radius 2 is 1.29 bits per heavy atom. The molecule has 0 aromatic carbocycles. The van der Waals surface area contributed by atoms with Crippen LogP contribution in [0.4, 0.5) is 0 Å². The minimum absolute atomic E-state index is 0.223. The molecule has 2 aliphatic heterocycles. The lowest BCUT2D eigenvalue weighted by Gasteiger charge is -2.04. The fourth-order valence-electron chi connectivity index (χ4n) is 6.17. The zero-order chi connectivity index (χ0) is 30.0. The summed E-state index contributed by atoms with van der Waals surface area (Å²) >= 11 is 0. The second kappa shape index (κ2) is 12.3. The van der Waals surface area contributed by atoms with Crippen molar-refractivity contribution in [2.75, 3.05) is 14.2 Å². The van der Waals surface area contributed by atoms with Crippen LogP contribution in [0.3, 0.4) is 0 Å². The van der Waals surface area contributed by atoms with Gasteiger partial charge in [-0.25, -0.2) is 4.98 Å². The number of rotatable bonds is 8. The number of nitrogens with zero attached hydrogens (tertiary/aromatic N) is 2. The number of carbonyl (C=O) groups excluding carboxylic acids is 2. The van der Waals surface area contributed by atoms with Crippen LogP contribution in [0, 0.1) is 6.92 Å². The van der Waals surface area contributed by atoms with Gasteiger partial charge in [-0.2, -0.15) is 0 Å². The molecule has 0 saturated heterocycles. The third-order valence-electron chi connectivity index (χ3n) is 8.55. The van der Waals surface area contributed by atoms with Crippen LogP contribution in [0.5, 0.6) is 0 Å². The molecule has 42 heavy (non-hydrogen) atoms. The van der Waals surface area contributed by atoms with Gasteiger partial charge in [-0.3, -0.25) is 14.6 Å². The molecule has 0 amide bonds. The van der Waals surface area contributed by atoms with Crippen molar-refractivity contribution in [3.05, 3.63) is 69.3 Å². The van der Waals surface area contributed by atoms with Crippen LogP contribution < -0.4 is 0 Å². The van der Waals surface area contributed by atoms with Crippen molar-refractivity contribution in [2.24, 2.45) is 0 Å². The molecule has 0 radical (unpaired) electrons. The van der Waals surface area contributed by atoms with Gasteiger partial charge in [0.05, 0.1) is 25.6 Å². The Balaban J connectivity index is 1.82. The number of carbonyl (C=O) groups is 2. The SMILES string of the molecule is CCc1c(CC)c2cc3[nH]c(cc4nc(cc5nc(cc1[nH]2)C(C)=C5CCC(=O)OC)CC4)c(CCC(=O)OC)c3C. The fourth-order valence-corrected chi connectivity index (χ4v) is 6.17. The third kappa shape index (κ3) is 5.75. The molecule has 2 N–H and O–H groups in total. The number of ether oxygens (including phenoxy) is 2. The lowest BCUT2D eigenvalue weighted by molar-refractivity contribution is -0.141. The quantitative estimate of drug-likeness (QED) is 0.299. The van der Waals surface area contributed by atoms with Gasteiger partial charge in [-0.15, -0.1) is 0 Å². The van der Waals surface area contributed by atoms with E-state index in [1.54, 1.807) is 0 Å². The second-order valence-electron chi connectivity index (χ2n) is 11.0. The number of hydrogen-bond acceptors (Lipinski definition) is 6. The van der Waals surface area contributed by atoms with Gasteiger partial charge in [-0.05, 0) is 110 Å². The third-order valence-corrected chi connectivity index (χ3v) is 8.55. The summed E-state index contributed by atoms with van der Waals surface area (Å²) in [5.74, 6) is -0.457. The smallest absolute Gasteiger partial charge is 0.305 e. The van der Waals surface area contributed by atoms with Gasteiger partial charge in [0, 0.05) is 46.3 Å². The molecule has 5 heterocycles. The van der Waals surface area contributed by atoms with Gasteiger partial charge < -0.3 is 19.4 Å². The van der Waals surface area contributed by atoms with Crippen LogP contribution in [-0.4, -0.2) is 46.1 Å². The average molecular weight is 569 g/mol. The molecule has 0 spiro atoms. The Morgan fingerprint density at radius 1 is 0.714 bits per heavy atom. The first-order chi connectivity index (χ1) is 20.3. The summed E-state index contributed by atoms with van der Waals surface area (Å²) in [4.78, 5) is 41.5. The molecule has 0 fully saturated rings. The molecule has 2 aliphatic rings. The van der Waals surface area contributed by atoms with Gasteiger partial charge in [0.25, 0.3) is 0 Å². The van der Waals surface area contributed by atoms with Crippen molar-refractivity contribution in [3.8, 4) is 0 Å². The van der Waals surface area contributed by atoms with Gasteiger partial charge in [-0.1, -0.05) is 13.8 Å². The fraction of sp³-hybridized carbons (Fsp3) is 0.412. The number of aromatic amines is 2. The summed E-state index contributed by atoms with van der Waals surface area (Å²) in [6.07, 6.45) is 5.14. The number of esters is 2. The Kier molecular flexibility index (Phi) is 8.61. The lowest BCUT2D eigenvalue weighted by Crippen LogP contribution is -2.02. The number of hydrogen-bond donors (Lipinski definition) is 2. The minimum Gasteiger partial charge on any atom is -0.469 e. The van der Waals surface area contributed by atoms with E-state index in [9.17, 15) is 9.59 Å². The van der Waals surface area contributed by atoms with E-state index < -0.39 is 0 Å². The van der Waals surface area contributed by atoms with E-state index in [2.05, 4.69) is 61.9 Å². The minimum atomic E-state index is -0.234. The first kappa shape index (κ1) is 29.3. The van der Waals surface area contributed by atoms with Crippen LogP contribution in [0.1, 0.15) is 85.1 Å². The molecule has 5 rings (SSSR count). The predicted octanol–water partition coefficient (Wildman–Crippen LogP) is 6.52. The summed E-state index contributed by atoms with van der Waals surface area (Å²) < 4.78 is 9.86. The van der Waals surface area contributed by atoms with Crippen molar-refractivity contribution in [3.63, 3.8) is 0 Å². The Morgan fingerprint density at radius 3 is 1.93 bits per heavy atom. The van der Waals surface area contributed by atoms with Crippen LogP contribution in [0.15, 0.2) is 24.3 Å². The maximum atomic E-state index is 12.0. The molecule has 0 atom stereocenters. The highest BCUT2D eigenvalue weighted by atomic mass is 16.5. The van der Waals surface area contributed by atoms with Crippen molar-refractivity contribution >= 4 is 45.2 Å². The largest absolute Gasteiger partial charge is 0.469 e. The molecule has 220 valence electrons. The van der Waals surface area contributed by atoms with Gasteiger partial charge >= 0.3 is 11.9 Å². The summed E-state index contributed by atoms with van der Waals surface area (Å²) in [6.45, 7) is 8.56. The summed E-state index contributed by atoms with van der Waals surface area (Å²) in [7, 11) is 2.85. The van der Waals surface area contributed by atoms with Crippen molar-refractivity contribution in [2.45, 2.75) is 79.1 Å². The summed E-state index contributed by atoms with van der Waals surface area (Å²) in [6, 6.07) is 8.52. The number of allylic oxidation sites excluding steroid dienone is 2. The number of nitrogens with one attached hydrogen (secondary N) is 2. The molecule has 8 nitrogen and oxygen atoms in total. The number of aromatic nitrogens is 4. The zero-order valence-electron chi connectivity index (χ0n) is 25.5. The van der Waals surface area contributed by atoms with Crippen LogP contribution in [0.2, 0.25) is 0 Å². The molecule has 3 aromatic heterocycles. The van der Waals surface area contributed by atoms with Crippen LogP contribution in [-0.2, 0) is 51.2 Å². The van der Waals surface area contributed by atoms with E-state index >= 15 is 0 Å². The Bertz CT molecular complexity index is 1740. The highest BCUT2D eigenvalue weighted by molar-refractivity contribution is 5.93. The molecule has 0 aliphatic carbocycles. The predicted molar refractivity (Wildman–Crippen MR) is 166 cm³/mol. The van der Waals surface area contributed by atoms with Crippen LogP contribution >= 0.6 is 0 Å². The normalized spacial score (nSPS) is 13.0. The number of methoxy groups -OCH3 is 2. The lowest BCUT2D eigenvalue weighted by atomic mass is 10.0. The van der Waals surface area contributed by atoms with Crippen LogP contribution in [0.25, 0.3) is 33.2 Å². The van der Waals surface area contributed by atoms with E-state index in [1.165, 1.54) is 25.3 Å². The monoisotopic (exact) mass is 568 g/mol. The van der Waals surface area contributed by atoms with Gasteiger partial charge in [0.15, 0.2) is 0 Å². The number of fused-ring (bicyclic) bond motifs is 8. The summed E-state index contributed by atoms with van der Waals surface area (Å²) in [5, 5.41) is 0. The highest BCUT2D eigenvalue weighted by Gasteiger charge is 2.20. The molecule has 3 aromatic rings. The molecular weight excluding hydrogens is 528 g/mol. The van der Waals surface area contributed by atoms with Gasteiger partial charge in [0.2, 0.25) is 0 Å². The zero-order valence-corrected chi connectivity index (χ0v) is 25.5. The van der Waals surface area contributed by atoms with Crippen molar-refractivity contribution in [1.82, 2.24) is 19.9 Å². The first-order valence-electron chi connectivity index (χ1n) is 14.8. The average Bonchev–Trinajstić information content (AvgIpc) is 3.71. The van der Waals surface area contributed by atoms with E-state index in [0.29, 0.717) is 25.7 Å². The van der Waals surface area contributed by atoms with Crippen molar-refractivity contribution < 1.29 is 19.1 Å². The van der Waals surface area contributed by atoms with Crippen molar-refractivity contribution in [1.29, 1.82) is 0 Å². The second-order valence-corrected chi connectivity index (χ2v) is 11.0. The van der Waals surface area contributed by atoms with E-state index in [1.807, 2.05) is 0 Å². The van der Waals surface area contributed by atoms with E-state index in [4.69, 9.17) is 19.4 Å².